The molecule has 0 radical (unpaired) electrons. The summed E-state index contributed by atoms with van der Waals surface area (Å²) < 4.78 is 7.76. The summed E-state index contributed by atoms with van der Waals surface area (Å²) in [5.74, 6) is 1.70. The molecule has 1 atom stereocenters. The van der Waals surface area contributed by atoms with Gasteiger partial charge in [-0.3, -0.25) is 14.5 Å². The molecule has 1 N–H and O–H groups in total. The van der Waals surface area contributed by atoms with E-state index < -0.39 is 0 Å². The maximum atomic E-state index is 12.3. The van der Waals surface area contributed by atoms with E-state index in [0.717, 1.165) is 56.1 Å². The van der Waals surface area contributed by atoms with Crippen molar-refractivity contribution >= 4 is 5.78 Å². The fraction of sp³-hybridized carbons (Fsp3) is 0.550. The molecule has 1 aliphatic carbocycles. The van der Waals surface area contributed by atoms with Crippen LogP contribution in [0.3, 0.4) is 0 Å². The molecule has 138 valence electrons. The average Bonchev–Trinajstić information content (AvgIpc) is 3.17. The third kappa shape index (κ3) is 3.80. The van der Waals surface area contributed by atoms with E-state index in [9.17, 15) is 4.79 Å². The lowest BCUT2D eigenvalue weighted by Gasteiger charge is -2.23. The Bertz CT molecular complexity index is 735. The fourth-order valence-electron chi connectivity index (χ4n) is 3.87. The Morgan fingerprint density at radius 2 is 2.04 bits per heavy atom. The largest absolute Gasteiger partial charge is 0.492 e. The highest BCUT2D eigenvalue weighted by Crippen LogP contribution is 2.29. The zero-order valence-electron chi connectivity index (χ0n) is 15.1. The van der Waals surface area contributed by atoms with E-state index in [2.05, 4.69) is 15.4 Å². The predicted molar refractivity (Wildman–Crippen MR) is 99.1 cm³/mol. The summed E-state index contributed by atoms with van der Waals surface area (Å²) in [6.45, 7) is 2.90. The zero-order valence-corrected chi connectivity index (χ0v) is 15.1. The van der Waals surface area contributed by atoms with Crippen LogP contribution in [-0.2, 0) is 4.79 Å². The van der Waals surface area contributed by atoms with Gasteiger partial charge in [0.2, 0.25) is 0 Å². The first-order valence-corrected chi connectivity index (χ1v) is 9.67. The normalized spacial score (nSPS) is 21.7. The summed E-state index contributed by atoms with van der Waals surface area (Å²) >= 11 is 0. The third-order valence-corrected chi connectivity index (χ3v) is 5.43. The molecule has 1 aliphatic heterocycles. The summed E-state index contributed by atoms with van der Waals surface area (Å²) in [7, 11) is 0. The number of ketones is 1. The maximum absolute atomic E-state index is 12.3. The van der Waals surface area contributed by atoms with E-state index in [1.807, 2.05) is 22.9 Å². The minimum Gasteiger partial charge on any atom is -0.492 e. The van der Waals surface area contributed by atoms with Gasteiger partial charge in [-0.2, -0.15) is 5.10 Å². The van der Waals surface area contributed by atoms with Crippen molar-refractivity contribution in [2.45, 2.75) is 44.6 Å². The predicted octanol–water partition coefficient (Wildman–Crippen LogP) is 3.01. The Morgan fingerprint density at radius 3 is 2.81 bits per heavy atom. The molecule has 0 spiro atoms. The van der Waals surface area contributed by atoms with Gasteiger partial charge in [0.25, 0.3) is 0 Å². The van der Waals surface area contributed by atoms with Gasteiger partial charge in [-0.1, -0.05) is 6.42 Å². The number of hydrogen-bond donors (Lipinski definition) is 1. The van der Waals surface area contributed by atoms with Gasteiger partial charge in [-0.05, 0) is 62.9 Å². The van der Waals surface area contributed by atoms with Crippen LogP contribution in [0, 0.1) is 5.92 Å². The first-order valence-electron chi connectivity index (χ1n) is 9.67. The highest BCUT2D eigenvalue weighted by molar-refractivity contribution is 5.83. The Kier molecular flexibility index (Phi) is 5.29. The van der Waals surface area contributed by atoms with Crippen molar-refractivity contribution in [3.05, 3.63) is 30.6 Å². The minimum atomic E-state index is -0.147. The molecule has 0 bridgehead atoms. The highest BCUT2D eigenvalue weighted by atomic mass is 16.5. The fourth-order valence-corrected chi connectivity index (χ4v) is 3.87. The number of carbonyl (C=O) groups excluding carboxylic acids is 1. The summed E-state index contributed by atoms with van der Waals surface area (Å²) in [6.07, 6.45) is 9.45. The van der Waals surface area contributed by atoms with Crippen LogP contribution >= 0.6 is 0 Å². The monoisotopic (exact) mass is 354 g/mol. The second kappa shape index (κ2) is 7.99. The number of ether oxygens (including phenoxy) is 1. The standard InChI is InChI=1S/C20H26N4O2/c25-20-4-2-1-3-19(20)24-18(9-12-23-24)17-6-5-16(13-22-17)26-14-15-7-10-21-11-8-15/h5-6,9,12-13,15,19,21H,1-4,7-8,10-11,14H2. The number of rotatable bonds is 5. The molecule has 2 aromatic heterocycles. The molecule has 2 aromatic rings. The quantitative estimate of drug-likeness (QED) is 0.894. The summed E-state index contributed by atoms with van der Waals surface area (Å²) in [5, 5.41) is 7.78. The van der Waals surface area contributed by atoms with Crippen molar-refractivity contribution in [2.24, 2.45) is 5.92 Å². The van der Waals surface area contributed by atoms with Crippen LogP contribution in [0.2, 0.25) is 0 Å². The van der Waals surface area contributed by atoms with Gasteiger partial charge < -0.3 is 10.1 Å². The van der Waals surface area contributed by atoms with Crippen molar-refractivity contribution in [2.75, 3.05) is 19.7 Å². The maximum Gasteiger partial charge on any atom is 0.157 e. The molecule has 26 heavy (non-hydrogen) atoms. The third-order valence-electron chi connectivity index (χ3n) is 5.43. The Balaban J connectivity index is 1.44. The van der Waals surface area contributed by atoms with E-state index in [1.165, 1.54) is 12.8 Å². The second-order valence-electron chi connectivity index (χ2n) is 7.27. The molecular formula is C20H26N4O2. The van der Waals surface area contributed by atoms with Gasteiger partial charge in [-0.15, -0.1) is 0 Å². The van der Waals surface area contributed by atoms with Crippen molar-refractivity contribution < 1.29 is 9.53 Å². The first-order chi connectivity index (χ1) is 12.8. The SMILES string of the molecule is O=C1CCCCC1n1nccc1-c1ccc(OCC2CCNCC2)cn1. The van der Waals surface area contributed by atoms with Crippen LogP contribution in [0.4, 0.5) is 0 Å². The summed E-state index contributed by atoms with van der Waals surface area (Å²) in [6, 6.07) is 5.70. The first kappa shape index (κ1) is 17.2. The van der Waals surface area contributed by atoms with Gasteiger partial charge >= 0.3 is 0 Å². The molecule has 6 nitrogen and oxygen atoms in total. The minimum absolute atomic E-state index is 0.147. The number of carbonyl (C=O) groups is 1. The number of piperidine rings is 1. The molecular weight excluding hydrogens is 328 g/mol. The number of aromatic nitrogens is 3. The number of nitrogens with one attached hydrogen (secondary N) is 1. The summed E-state index contributed by atoms with van der Waals surface area (Å²) in [5.41, 5.74) is 1.73. The smallest absolute Gasteiger partial charge is 0.157 e. The van der Waals surface area contributed by atoms with E-state index in [4.69, 9.17) is 4.74 Å². The Morgan fingerprint density at radius 1 is 1.15 bits per heavy atom. The van der Waals surface area contributed by atoms with Crippen molar-refractivity contribution in [3.63, 3.8) is 0 Å². The molecule has 2 fully saturated rings. The molecule has 1 saturated carbocycles. The van der Waals surface area contributed by atoms with E-state index >= 15 is 0 Å². The lowest BCUT2D eigenvalue weighted by Crippen LogP contribution is -2.30. The van der Waals surface area contributed by atoms with Crippen LogP contribution in [0.5, 0.6) is 5.75 Å². The molecule has 1 saturated heterocycles. The van der Waals surface area contributed by atoms with E-state index in [-0.39, 0.29) is 11.8 Å². The van der Waals surface area contributed by atoms with Gasteiger partial charge in [0.15, 0.2) is 5.78 Å². The molecule has 4 rings (SSSR count). The molecule has 3 heterocycles. The highest BCUT2D eigenvalue weighted by Gasteiger charge is 2.26. The van der Waals surface area contributed by atoms with Gasteiger partial charge in [-0.25, -0.2) is 0 Å². The molecule has 6 heteroatoms. The van der Waals surface area contributed by atoms with Gasteiger partial charge in [0.1, 0.15) is 11.8 Å². The van der Waals surface area contributed by atoms with Crippen LogP contribution in [-0.4, -0.2) is 40.2 Å². The van der Waals surface area contributed by atoms with Crippen LogP contribution in [0.1, 0.15) is 44.6 Å². The lowest BCUT2D eigenvalue weighted by molar-refractivity contribution is -0.124. The molecule has 2 aliphatic rings. The number of hydrogen-bond acceptors (Lipinski definition) is 5. The number of pyridine rings is 1. The van der Waals surface area contributed by atoms with Gasteiger partial charge in [0.05, 0.1) is 24.2 Å². The second-order valence-corrected chi connectivity index (χ2v) is 7.27. The molecule has 0 amide bonds. The van der Waals surface area contributed by atoms with Crippen molar-refractivity contribution in [1.29, 1.82) is 0 Å². The topological polar surface area (TPSA) is 69.0 Å². The Hall–Kier alpha value is -2.21. The number of nitrogens with zero attached hydrogens (tertiary/aromatic N) is 3. The van der Waals surface area contributed by atoms with E-state index in [1.54, 1.807) is 12.4 Å². The van der Waals surface area contributed by atoms with Crippen LogP contribution in [0.25, 0.3) is 11.4 Å². The zero-order chi connectivity index (χ0) is 17.8. The molecule has 1 unspecified atom stereocenters. The number of Topliss-reactive ketones (excluding diaryl/α,β-unsaturated/α-hetero) is 1. The van der Waals surface area contributed by atoms with Crippen molar-refractivity contribution in [3.8, 4) is 17.1 Å². The van der Waals surface area contributed by atoms with E-state index in [0.29, 0.717) is 12.3 Å². The lowest BCUT2D eigenvalue weighted by atomic mass is 9.94. The van der Waals surface area contributed by atoms with Crippen molar-refractivity contribution in [1.82, 2.24) is 20.1 Å². The summed E-state index contributed by atoms with van der Waals surface area (Å²) in [4.78, 5) is 16.8. The Labute approximate surface area is 154 Å². The average molecular weight is 354 g/mol. The van der Waals surface area contributed by atoms with Gasteiger partial charge in [0, 0.05) is 12.6 Å². The van der Waals surface area contributed by atoms with Crippen LogP contribution in [0.15, 0.2) is 30.6 Å². The van der Waals surface area contributed by atoms with Crippen LogP contribution < -0.4 is 10.1 Å². The molecule has 0 aromatic carbocycles.